The summed E-state index contributed by atoms with van der Waals surface area (Å²) in [4.78, 5) is 0. The van der Waals surface area contributed by atoms with Gasteiger partial charge in [0.05, 0.1) is 0 Å². The van der Waals surface area contributed by atoms with Gasteiger partial charge in [-0.15, -0.1) is 0 Å². The lowest BCUT2D eigenvalue weighted by molar-refractivity contribution is 0.311. The van der Waals surface area contributed by atoms with E-state index in [0.29, 0.717) is 0 Å². The van der Waals surface area contributed by atoms with Crippen molar-refractivity contribution in [3.8, 4) is 0 Å². The highest BCUT2D eigenvalue weighted by molar-refractivity contribution is 4.78. The van der Waals surface area contributed by atoms with Crippen LogP contribution in [0.5, 0.6) is 0 Å². The van der Waals surface area contributed by atoms with E-state index in [1.807, 2.05) is 7.05 Å². The molecular weight excluding hydrogens is 112 g/mol. The van der Waals surface area contributed by atoms with Gasteiger partial charge in [0.1, 0.15) is 0 Å². The van der Waals surface area contributed by atoms with E-state index < -0.39 is 0 Å². The van der Waals surface area contributed by atoms with E-state index in [0.717, 1.165) is 12.0 Å². The van der Waals surface area contributed by atoms with Crippen LogP contribution in [0.2, 0.25) is 0 Å². The van der Waals surface area contributed by atoms with Gasteiger partial charge in [-0.2, -0.15) is 0 Å². The predicted molar refractivity (Wildman–Crippen MR) is 39.5 cm³/mol. The van der Waals surface area contributed by atoms with E-state index >= 15 is 0 Å². The lowest BCUT2D eigenvalue weighted by Crippen LogP contribution is -2.44. The molecule has 9 heavy (non-hydrogen) atoms. The van der Waals surface area contributed by atoms with Crippen molar-refractivity contribution in [1.82, 2.24) is 10.6 Å². The number of nitrogens with one attached hydrogen (secondary N) is 2. The van der Waals surface area contributed by atoms with Crippen LogP contribution in [0.3, 0.4) is 0 Å². The Hall–Kier alpha value is -0.0800. The summed E-state index contributed by atoms with van der Waals surface area (Å²) < 4.78 is 0. The molecule has 0 radical (unpaired) electrons. The zero-order valence-electron chi connectivity index (χ0n) is 6.28. The van der Waals surface area contributed by atoms with Crippen LogP contribution < -0.4 is 10.6 Å². The molecule has 0 unspecified atom stereocenters. The van der Waals surface area contributed by atoms with Gasteiger partial charge in [-0.3, -0.25) is 0 Å². The zero-order valence-corrected chi connectivity index (χ0v) is 6.28. The molecule has 1 heterocycles. The molecule has 2 heteroatoms. The van der Waals surface area contributed by atoms with Gasteiger partial charge in [0.25, 0.3) is 0 Å². The Balaban J connectivity index is 2.30. The van der Waals surface area contributed by atoms with Gasteiger partial charge in [-0.05, 0) is 32.5 Å². The van der Waals surface area contributed by atoms with Crippen molar-refractivity contribution >= 4 is 0 Å². The molecule has 1 rings (SSSR count). The maximum absolute atomic E-state index is 3.36. The highest BCUT2D eigenvalue weighted by Crippen LogP contribution is 2.08. The van der Waals surface area contributed by atoms with Crippen molar-refractivity contribution in [3.05, 3.63) is 0 Å². The van der Waals surface area contributed by atoms with Crippen LogP contribution in [-0.4, -0.2) is 26.2 Å². The quantitative estimate of drug-likeness (QED) is 0.527. The lowest BCUT2D eigenvalue weighted by atomic mass is 9.96. The summed E-state index contributed by atoms with van der Waals surface area (Å²) in [6, 6.07) is 0.742. The minimum Gasteiger partial charge on any atom is -0.317 e. The van der Waals surface area contributed by atoms with Crippen molar-refractivity contribution in [2.75, 3.05) is 20.1 Å². The third-order valence-electron chi connectivity index (χ3n) is 2.16. The van der Waals surface area contributed by atoms with Gasteiger partial charge < -0.3 is 10.6 Å². The molecule has 0 saturated carbocycles. The first-order valence-electron chi connectivity index (χ1n) is 3.72. The van der Waals surface area contributed by atoms with Crippen LogP contribution >= 0.6 is 0 Å². The molecule has 1 fully saturated rings. The zero-order chi connectivity index (χ0) is 6.69. The molecule has 1 aliphatic rings. The van der Waals surface area contributed by atoms with E-state index in [1.165, 1.54) is 19.5 Å². The second-order valence-corrected chi connectivity index (χ2v) is 2.87. The van der Waals surface area contributed by atoms with Crippen molar-refractivity contribution in [2.24, 2.45) is 5.92 Å². The molecule has 0 aromatic carbocycles. The monoisotopic (exact) mass is 128 g/mol. The van der Waals surface area contributed by atoms with Gasteiger partial charge in [0, 0.05) is 6.04 Å². The molecule has 0 bridgehead atoms. The molecule has 2 N–H and O–H groups in total. The minimum atomic E-state index is 0.742. The SMILES string of the molecule is CN[C@H]1CCNC[C@@H]1C. The van der Waals surface area contributed by atoms with Gasteiger partial charge in [0.15, 0.2) is 0 Å². The molecule has 0 aromatic rings. The molecule has 2 nitrogen and oxygen atoms in total. The van der Waals surface area contributed by atoms with Gasteiger partial charge in [-0.25, -0.2) is 0 Å². The third-order valence-corrected chi connectivity index (χ3v) is 2.16. The molecule has 1 saturated heterocycles. The van der Waals surface area contributed by atoms with E-state index in [1.54, 1.807) is 0 Å². The van der Waals surface area contributed by atoms with E-state index in [9.17, 15) is 0 Å². The summed E-state index contributed by atoms with van der Waals surface area (Å²) >= 11 is 0. The van der Waals surface area contributed by atoms with Crippen molar-refractivity contribution < 1.29 is 0 Å². The van der Waals surface area contributed by atoms with E-state index in [2.05, 4.69) is 17.6 Å². The van der Waals surface area contributed by atoms with Crippen molar-refractivity contribution in [2.45, 2.75) is 19.4 Å². The smallest absolute Gasteiger partial charge is 0.0114 e. The average molecular weight is 128 g/mol. The summed E-state index contributed by atoms with van der Waals surface area (Å²) in [6.07, 6.45) is 1.28. The fourth-order valence-electron chi connectivity index (χ4n) is 1.44. The molecule has 1 aliphatic heterocycles. The Bertz CT molecular complexity index is 83.0. The Kier molecular flexibility index (Phi) is 2.49. The molecule has 2 atom stereocenters. The Morgan fingerprint density at radius 2 is 2.33 bits per heavy atom. The Morgan fingerprint density at radius 1 is 1.56 bits per heavy atom. The second kappa shape index (κ2) is 3.18. The number of piperidine rings is 1. The first-order chi connectivity index (χ1) is 4.34. The maximum atomic E-state index is 3.36. The fourth-order valence-corrected chi connectivity index (χ4v) is 1.44. The standard InChI is InChI=1S/C7H16N2/c1-6-5-9-4-3-7(6)8-2/h6-9H,3-5H2,1-2H3/t6-,7-/m0/s1. The molecule has 0 amide bonds. The van der Waals surface area contributed by atoms with Crippen LogP contribution in [0.15, 0.2) is 0 Å². The molecule has 54 valence electrons. The summed E-state index contributed by atoms with van der Waals surface area (Å²) in [7, 11) is 2.05. The second-order valence-electron chi connectivity index (χ2n) is 2.87. The summed E-state index contributed by atoms with van der Waals surface area (Å²) in [5, 5.41) is 6.67. The number of rotatable bonds is 1. The summed E-state index contributed by atoms with van der Waals surface area (Å²) in [5.74, 6) is 0.795. The average Bonchev–Trinajstić information content (AvgIpc) is 1.89. The molecule has 0 spiro atoms. The molecule has 0 aromatic heterocycles. The normalized spacial score (nSPS) is 36.7. The molecule has 0 aliphatic carbocycles. The third kappa shape index (κ3) is 1.66. The Morgan fingerprint density at radius 3 is 2.78 bits per heavy atom. The van der Waals surface area contributed by atoms with Gasteiger partial charge >= 0.3 is 0 Å². The van der Waals surface area contributed by atoms with Crippen LogP contribution in [-0.2, 0) is 0 Å². The highest BCUT2D eigenvalue weighted by atomic mass is 15.0. The van der Waals surface area contributed by atoms with E-state index in [4.69, 9.17) is 0 Å². The number of hydrogen-bond acceptors (Lipinski definition) is 2. The van der Waals surface area contributed by atoms with Crippen LogP contribution in [0.4, 0.5) is 0 Å². The summed E-state index contributed by atoms with van der Waals surface area (Å²) in [5.41, 5.74) is 0. The van der Waals surface area contributed by atoms with E-state index in [-0.39, 0.29) is 0 Å². The largest absolute Gasteiger partial charge is 0.317 e. The first-order valence-corrected chi connectivity index (χ1v) is 3.72. The first kappa shape index (κ1) is 7.03. The fraction of sp³-hybridized carbons (Fsp3) is 1.00. The highest BCUT2D eigenvalue weighted by Gasteiger charge is 2.17. The summed E-state index contributed by atoms with van der Waals surface area (Å²) in [6.45, 7) is 4.63. The topological polar surface area (TPSA) is 24.1 Å². The lowest BCUT2D eigenvalue weighted by Gasteiger charge is -2.28. The van der Waals surface area contributed by atoms with Crippen LogP contribution in [0.1, 0.15) is 13.3 Å². The number of hydrogen-bond donors (Lipinski definition) is 2. The predicted octanol–water partition coefficient (Wildman–Crippen LogP) is 0.204. The van der Waals surface area contributed by atoms with Crippen molar-refractivity contribution in [1.29, 1.82) is 0 Å². The van der Waals surface area contributed by atoms with Crippen LogP contribution in [0, 0.1) is 5.92 Å². The van der Waals surface area contributed by atoms with Gasteiger partial charge in [0.2, 0.25) is 0 Å². The van der Waals surface area contributed by atoms with Crippen molar-refractivity contribution in [3.63, 3.8) is 0 Å². The maximum Gasteiger partial charge on any atom is 0.0114 e. The Labute approximate surface area is 57.0 Å². The minimum absolute atomic E-state index is 0.742. The molecular formula is C7H16N2. The van der Waals surface area contributed by atoms with Crippen LogP contribution in [0.25, 0.3) is 0 Å². The van der Waals surface area contributed by atoms with Gasteiger partial charge in [-0.1, -0.05) is 6.92 Å².